The number of aromatic amines is 4. The third-order valence-corrected chi connectivity index (χ3v) is 2.71. The Morgan fingerprint density at radius 3 is 2.00 bits per heavy atom. The lowest BCUT2D eigenvalue weighted by Crippen LogP contribution is -2.01. The Hall–Kier alpha value is -2.72. The smallest absolute Gasteiger partial charge is 0.272 e. The van der Waals surface area contributed by atoms with Gasteiger partial charge in [0.1, 0.15) is 0 Å². The fourth-order valence-electron chi connectivity index (χ4n) is 1.62. The van der Waals surface area contributed by atoms with Gasteiger partial charge in [0.05, 0.1) is 11.1 Å². The summed E-state index contributed by atoms with van der Waals surface area (Å²) in [5, 5.41) is 10.4. The number of aromatic nitrogens is 4. The summed E-state index contributed by atoms with van der Waals surface area (Å²) in [6.45, 7) is 3.60. The first-order chi connectivity index (χ1) is 9.09. The summed E-state index contributed by atoms with van der Waals surface area (Å²) in [5.74, 6) is 0. The van der Waals surface area contributed by atoms with E-state index in [-0.39, 0.29) is 11.1 Å². The number of hydrogen-bond donors (Lipinski definition) is 4. The summed E-state index contributed by atoms with van der Waals surface area (Å²) in [6.07, 6.45) is 6.60. The highest BCUT2D eigenvalue weighted by Gasteiger charge is 2.00. The molecule has 2 aromatic rings. The molecule has 0 aliphatic carbocycles. The quantitative estimate of drug-likeness (QED) is 0.492. The molecule has 6 heteroatoms. The van der Waals surface area contributed by atoms with Crippen LogP contribution in [0.25, 0.3) is 12.2 Å². The Morgan fingerprint density at radius 1 is 0.895 bits per heavy atom. The SMILES string of the molecule is Cc1[nH][nH]c(=O)c1C=C=CC=Cc1c(C)[nH][nH]c1=O. The maximum atomic E-state index is 11.4. The summed E-state index contributed by atoms with van der Waals surface area (Å²) in [5.41, 5.74) is 5.18. The van der Waals surface area contributed by atoms with Crippen molar-refractivity contribution >= 4 is 12.2 Å². The third kappa shape index (κ3) is 2.75. The van der Waals surface area contributed by atoms with Gasteiger partial charge in [-0.25, -0.2) is 0 Å². The van der Waals surface area contributed by atoms with Crippen LogP contribution in [0.5, 0.6) is 0 Å². The molecule has 0 aromatic carbocycles. The predicted molar refractivity (Wildman–Crippen MR) is 73.9 cm³/mol. The van der Waals surface area contributed by atoms with E-state index in [2.05, 4.69) is 26.1 Å². The predicted octanol–water partition coefficient (Wildman–Crippen LogP) is 1.22. The lowest BCUT2D eigenvalue weighted by Gasteiger charge is -1.84. The Kier molecular flexibility index (Phi) is 3.54. The van der Waals surface area contributed by atoms with E-state index in [9.17, 15) is 9.59 Å². The molecule has 2 rings (SSSR count). The van der Waals surface area contributed by atoms with Crippen LogP contribution in [-0.2, 0) is 0 Å². The minimum atomic E-state index is -0.180. The van der Waals surface area contributed by atoms with Crippen LogP contribution in [0.3, 0.4) is 0 Å². The third-order valence-electron chi connectivity index (χ3n) is 2.71. The maximum absolute atomic E-state index is 11.4. The minimum Gasteiger partial charge on any atom is -0.302 e. The number of H-pyrrole nitrogens is 4. The molecule has 0 aliphatic rings. The molecule has 0 radical (unpaired) electrons. The van der Waals surface area contributed by atoms with Crippen LogP contribution in [0.15, 0.2) is 27.5 Å². The van der Waals surface area contributed by atoms with Gasteiger partial charge in [-0.2, -0.15) is 0 Å². The summed E-state index contributed by atoms with van der Waals surface area (Å²) < 4.78 is 0. The van der Waals surface area contributed by atoms with E-state index in [1.165, 1.54) is 0 Å². The molecule has 2 heterocycles. The van der Waals surface area contributed by atoms with Crippen molar-refractivity contribution in [2.75, 3.05) is 0 Å². The van der Waals surface area contributed by atoms with E-state index in [0.717, 1.165) is 11.4 Å². The molecular weight excluding hydrogens is 244 g/mol. The average molecular weight is 258 g/mol. The number of hydrogen-bond acceptors (Lipinski definition) is 2. The van der Waals surface area contributed by atoms with Crippen LogP contribution in [0, 0.1) is 13.8 Å². The van der Waals surface area contributed by atoms with Crippen molar-refractivity contribution in [3.05, 3.63) is 61.1 Å². The van der Waals surface area contributed by atoms with E-state index in [4.69, 9.17) is 0 Å². The normalized spacial score (nSPS) is 10.6. The molecular formula is C13H14N4O2. The first kappa shape index (κ1) is 12.7. The number of allylic oxidation sites excluding steroid dienone is 2. The van der Waals surface area contributed by atoms with Gasteiger partial charge in [-0.05, 0) is 32.1 Å². The molecule has 0 amide bonds. The van der Waals surface area contributed by atoms with Gasteiger partial charge in [-0.15, -0.1) is 5.73 Å². The molecule has 0 aliphatic heterocycles. The second-order valence-corrected chi connectivity index (χ2v) is 4.07. The Balaban J connectivity index is 2.17. The highest BCUT2D eigenvalue weighted by molar-refractivity contribution is 5.54. The molecule has 0 unspecified atom stereocenters. The van der Waals surface area contributed by atoms with Crippen LogP contribution >= 0.6 is 0 Å². The van der Waals surface area contributed by atoms with E-state index >= 15 is 0 Å². The molecule has 6 nitrogen and oxygen atoms in total. The topological polar surface area (TPSA) is 97.3 Å². The molecule has 19 heavy (non-hydrogen) atoms. The van der Waals surface area contributed by atoms with Crippen LogP contribution in [-0.4, -0.2) is 20.4 Å². The minimum absolute atomic E-state index is 0.163. The molecule has 0 spiro atoms. The lowest BCUT2D eigenvalue weighted by atomic mass is 10.2. The van der Waals surface area contributed by atoms with Gasteiger partial charge >= 0.3 is 0 Å². The summed E-state index contributed by atoms with van der Waals surface area (Å²) >= 11 is 0. The summed E-state index contributed by atoms with van der Waals surface area (Å²) in [7, 11) is 0. The highest BCUT2D eigenvalue weighted by Crippen LogP contribution is 2.00. The fraction of sp³-hybridized carbons (Fsp3) is 0.154. The zero-order valence-electron chi connectivity index (χ0n) is 10.6. The Bertz CT molecular complexity index is 776. The van der Waals surface area contributed by atoms with Crippen LogP contribution in [0.2, 0.25) is 0 Å². The average Bonchev–Trinajstić information content (AvgIpc) is 2.86. The van der Waals surface area contributed by atoms with Crippen molar-refractivity contribution in [1.29, 1.82) is 0 Å². The standard InChI is InChI=1S/C13H14N4O2/c1-8-10(12(18)16-14-8)6-4-3-5-7-11-9(2)15-17-13(11)19/h3-4,6-7H,1-2H3,(H2,14,16,18)(H2,15,17,19). The van der Waals surface area contributed by atoms with Crippen LogP contribution < -0.4 is 11.1 Å². The molecule has 0 fully saturated rings. The molecule has 4 N–H and O–H groups in total. The first-order valence-electron chi connectivity index (χ1n) is 5.73. The summed E-state index contributed by atoms with van der Waals surface area (Å²) in [6, 6.07) is 0. The van der Waals surface area contributed by atoms with Gasteiger partial charge in [0, 0.05) is 11.4 Å². The van der Waals surface area contributed by atoms with E-state index in [0.29, 0.717) is 11.1 Å². The van der Waals surface area contributed by atoms with Crippen molar-refractivity contribution in [2.45, 2.75) is 13.8 Å². The van der Waals surface area contributed by atoms with E-state index in [1.807, 2.05) is 0 Å². The summed E-state index contributed by atoms with van der Waals surface area (Å²) in [4.78, 5) is 22.7. The van der Waals surface area contributed by atoms with Crippen molar-refractivity contribution in [3.8, 4) is 0 Å². The van der Waals surface area contributed by atoms with Crippen LogP contribution in [0.4, 0.5) is 0 Å². The van der Waals surface area contributed by atoms with Crippen molar-refractivity contribution in [2.24, 2.45) is 0 Å². The molecule has 2 aromatic heterocycles. The van der Waals surface area contributed by atoms with Crippen molar-refractivity contribution < 1.29 is 0 Å². The van der Waals surface area contributed by atoms with Crippen LogP contribution in [0.1, 0.15) is 22.5 Å². The van der Waals surface area contributed by atoms with Gasteiger partial charge in [-0.1, -0.05) is 6.08 Å². The van der Waals surface area contributed by atoms with E-state index < -0.39 is 0 Å². The maximum Gasteiger partial charge on any atom is 0.272 e. The molecule has 0 saturated heterocycles. The first-order valence-corrected chi connectivity index (χ1v) is 5.73. The van der Waals surface area contributed by atoms with Gasteiger partial charge in [-0.3, -0.25) is 19.8 Å². The zero-order chi connectivity index (χ0) is 13.8. The highest BCUT2D eigenvalue weighted by atomic mass is 16.1. The van der Waals surface area contributed by atoms with E-state index in [1.54, 1.807) is 38.2 Å². The largest absolute Gasteiger partial charge is 0.302 e. The van der Waals surface area contributed by atoms with Gasteiger partial charge in [0.15, 0.2) is 0 Å². The monoisotopic (exact) mass is 258 g/mol. The molecule has 98 valence electrons. The molecule has 0 atom stereocenters. The number of rotatable bonds is 3. The lowest BCUT2D eigenvalue weighted by molar-refractivity contribution is 1.02. The van der Waals surface area contributed by atoms with Crippen molar-refractivity contribution in [3.63, 3.8) is 0 Å². The Labute approximate surface area is 108 Å². The van der Waals surface area contributed by atoms with Gasteiger partial charge < -0.3 is 10.2 Å². The Morgan fingerprint density at radius 2 is 1.47 bits per heavy atom. The molecule has 0 saturated carbocycles. The van der Waals surface area contributed by atoms with Gasteiger partial charge in [0.2, 0.25) is 0 Å². The second-order valence-electron chi connectivity index (χ2n) is 4.07. The zero-order valence-corrected chi connectivity index (χ0v) is 10.6. The number of aryl methyl sites for hydroxylation is 2. The second kappa shape index (κ2) is 5.29. The van der Waals surface area contributed by atoms with Crippen molar-refractivity contribution in [1.82, 2.24) is 20.4 Å². The molecule has 0 bridgehead atoms. The van der Waals surface area contributed by atoms with Gasteiger partial charge in [0.25, 0.3) is 11.1 Å². The number of nitrogens with one attached hydrogen (secondary N) is 4. The fourth-order valence-corrected chi connectivity index (χ4v) is 1.62.